The summed E-state index contributed by atoms with van der Waals surface area (Å²) in [5.41, 5.74) is 0.939. The number of imidazole rings is 1. The lowest BCUT2D eigenvalue weighted by molar-refractivity contribution is 0.190. The quantitative estimate of drug-likeness (QED) is 0.706. The molecular weight excluding hydrogens is 372 g/mol. The van der Waals surface area contributed by atoms with Gasteiger partial charge in [0.2, 0.25) is 0 Å². The Kier molecular flexibility index (Phi) is 5.34. The first-order valence-electron chi connectivity index (χ1n) is 9.39. The molecule has 7 heteroatoms. The maximum Gasteiger partial charge on any atom is 0.318 e. The average molecular weight is 397 g/mol. The molecule has 1 aromatic carbocycles. The molecule has 3 heterocycles. The summed E-state index contributed by atoms with van der Waals surface area (Å²) in [6, 6.07) is 11.6. The largest absolute Gasteiger partial charge is 0.497 e. The number of likely N-dealkylation sites (tertiary alicyclic amines) is 1. The number of hydrogen-bond acceptors (Lipinski definition) is 4. The molecular formula is C21H24N4O2S. The third-order valence-corrected chi connectivity index (χ3v) is 6.17. The fourth-order valence-corrected chi connectivity index (χ4v) is 4.64. The predicted molar refractivity (Wildman–Crippen MR) is 110 cm³/mol. The lowest BCUT2D eigenvalue weighted by Crippen LogP contribution is -2.42. The van der Waals surface area contributed by atoms with Gasteiger partial charge in [-0.3, -0.25) is 0 Å². The zero-order valence-electron chi connectivity index (χ0n) is 16.0. The third kappa shape index (κ3) is 3.62. The van der Waals surface area contributed by atoms with Gasteiger partial charge in [0.25, 0.3) is 0 Å². The standard InChI is InChI=1S/C21H24N4O2S/c1-24-12-10-22-20(24)19(15-6-3-7-16(14-15)27-2)23-21(26)25-11-4-8-17(25)18-9-5-13-28-18/h3,5-7,9-10,12-14,17,19H,4,8,11H2,1-2H3,(H,23,26). The fourth-order valence-electron chi connectivity index (χ4n) is 3.77. The molecule has 0 bridgehead atoms. The summed E-state index contributed by atoms with van der Waals surface area (Å²) in [6.07, 6.45) is 5.65. The molecule has 0 aliphatic carbocycles. The molecule has 4 rings (SSSR count). The number of aryl methyl sites for hydroxylation is 1. The van der Waals surface area contributed by atoms with Gasteiger partial charge in [0.05, 0.1) is 13.2 Å². The van der Waals surface area contributed by atoms with E-state index in [0.717, 1.165) is 36.5 Å². The van der Waals surface area contributed by atoms with Crippen molar-refractivity contribution in [3.63, 3.8) is 0 Å². The number of aromatic nitrogens is 2. The summed E-state index contributed by atoms with van der Waals surface area (Å²) in [5, 5.41) is 5.28. The van der Waals surface area contributed by atoms with E-state index in [9.17, 15) is 4.79 Å². The van der Waals surface area contributed by atoms with Crippen molar-refractivity contribution < 1.29 is 9.53 Å². The van der Waals surface area contributed by atoms with Crippen molar-refractivity contribution in [3.8, 4) is 5.75 Å². The van der Waals surface area contributed by atoms with Crippen LogP contribution in [0.4, 0.5) is 4.79 Å². The Hall–Kier alpha value is -2.80. The van der Waals surface area contributed by atoms with Crippen LogP contribution in [0.5, 0.6) is 5.75 Å². The number of hydrogen-bond donors (Lipinski definition) is 1. The molecule has 6 nitrogen and oxygen atoms in total. The Morgan fingerprint density at radius 1 is 1.36 bits per heavy atom. The Labute approximate surface area is 168 Å². The molecule has 28 heavy (non-hydrogen) atoms. The van der Waals surface area contributed by atoms with Gasteiger partial charge in [0.15, 0.2) is 0 Å². The molecule has 2 unspecified atom stereocenters. The van der Waals surface area contributed by atoms with Crippen molar-refractivity contribution in [1.29, 1.82) is 0 Å². The number of nitrogens with zero attached hydrogens (tertiary/aromatic N) is 3. The highest BCUT2D eigenvalue weighted by atomic mass is 32.1. The van der Waals surface area contributed by atoms with E-state index < -0.39 is 0 Å². The van der Waals surface area contributed by atoms with Gasteiger partial charge in [-0.25, -0.2) is 9.78 Å². The molecule has 2 atom stereocenters. The monoisotopic (exact) mass is 396 g/mol. The van der Waals surface area contributed by atoms with Crippen molar-refractivity contribution in [2.45, 2.75) is 24.9 Å². The van der Waals surface area contributed by atoms with E-state index in [1.807, 2.05) is 53.0 Å². The van der Waals surface area contributed by atoms with E-state index >= 15 is 0 Å². The first kappa shape index (κ1) is 18.6. The minimum Gasteiger partial charge on any atom is -0.497 e. The number of carbonyl (C=O) groups is 1. The van der Waals surface area contributed by atoms with Crippen LogP contribution in [0.15, 0.2) is 54.2 Å². The van der Waals surface area contributed by atoms with Gasteiger partial charge in [-0.15, -0.1) is 11.3 Å². The summed E-state index contributed by atoms with van der Waals surface area (Å²) in [7, 11) is 3.58. The van der Waals surface area contributed by atoms with Crippen molar-refractivity contribution >= 4 is 17.4 Å². The topological polar surface area (TPSA) is 59.4 Å². The van der Waals surface area contributed by atoms with Crippen LogP contribution in [-0.4, -0.2) is 34.1 Å². The van der Waals surface area contributed by atoms with Gasteiger partial charge in [0.1, 0.15) is 17.6 Å². The van der Waals surface area contributed by atoms with Crippen LogP contribution in [0, 0.1) is 0 Å². The van der Waals surface area contributed by atoms with E-state index in [0.29, 0.717) is 0 Å². The van der Waals surface area contributed by atoms with E-state index in [-0.39, 0.29) is 18.1 Å². The zero-order valence-corrected chi connectivity index (χ0v) is 16.9. The number of thiophene rings is 1. The summed E-state index contributed by atoms with van der Waals surface area (Å²) in [5.74, 6) is 1.54. The van der Waals surface area contributed by atoms with E-state index in [1.165, 1.54) is 4.88 Å². The molecule has 1 aliphatic heterocycles. The normalized spacial score (nSPS) is 17.5. The van der Waals surface area contributed by atoms with Crippen LogP contribution < -0.4 is 10.1 Å². The second-order valence-electron chi connectivity index (χ2n) is 6.92. The summed E-state index contributed by atoms with van der Waals surface area (Å²) in [4.78, 5) is 20.9. The van der Waals surface area contributed by atoms with Gasteiger partial charge in [-0.1, -0.05) is 18.2 Å². The number of nitrogens with one attached hydrogen (secondary N) is 1. The first-order chi connectivity index (χ1) is 13.7. The van der Waals surface area contributed by atoms with Crippen LogP contribution in [-0.2, 0) is 7.05 Å². The van der Waals surface area contributed by atoms with E-state index in [4.69, 9.17) is 4.74 Å². The highest BCUT2D eigenvalue weighted by Crippen LogP contribution is 2.35. The van der Waals surface area contributed by atoms with Crippen LogP contribution in [0.2, 0.25) is 0 Å². The third-order valence-electron chi connectivity index (χ3n) is 5.20. The predicted octanol–water partition coefficient (Wildman–Crippen LogP) is 4.13. The molecule has 0 radical (unpaired) electrons. The first-order valence-corrected chi connectivity index (χ1v) is 10.3. The number of amides is 2. The zero-order chi connectivity index (χ0) is 19.5. The van der Waals surface area contributed by atoms with Crippen molar-refractivity contribution in [3.05, 3.63) is 70.4 Å². The molecule has 1 fully saturated rings. The molecule has 1 N–H and O–H groups in total. The highest BCUT2D eigenvalue weighted by molar-refractivity contribution is 7.10. The number of carbonyl (C=O) groups excluding carboxylic acids is 1. The Balaban J connectivity index is 1.62. The van der Waals surface area contributed by atoms with Gasteiger partial charge < -0.3 is 19.5 Å². The Bertz CT molecular complexity index is 938. The molecule has 2 aromatic heterocycles. The van der Waals surface area contributed by atoms with Crippen LogP contribution in [0.3, 0.4) is 0 Å². The van der Waals surface area contributed by atoms with Gasteiger partial charge >= 0.3 is 6.03 Å². The molecule has 3 aromatic rings. The number of methoxy groups -OCH3 is 1. The smallest absolute Gasteiger partial charge is 0.318 e. The van der Waals surface area contributed by atoms with Crippen LogP contribution >= 0.6 is 11.3 Å². The van der Waals surface area contributed by atoms with Gasteiger partial charge in [-0.05, 0) is 42.0 Å². The molecule has 146 valence electrons. The summed E-state index contributed by atoms with van der Waals surface area (Å²) in [6.45, 7) is 0.764. The Morgan fingerprint density at radius 3 is 2.96 bits per heavy atom. The molecule has 1 aliphatic rings. The van der Waals surface area contributed by atoms with E-state index in [1.54, 1.807) is 24.6 Å². The number of rotatable bonds is 5. The van der Waals surface area contributed by atoms with Crippen molar-refractivity contribution in [1.82, 2.24) is 19.8 Å². The second-order valence-corrected chi connectivity index (χ2v) is 7.90. The van der Waals surface area contributed by atoms with E-state index in [2.05, 4.69) is 21.7 Å². The lowest BCUT2D eigenvalue weighted by Gasteiger charge is -2.27. The van der Waals surface area contributed by atoms with Gasteiger partial charge in [-0.2, -0.15) is 0 Å². The molecule has 1 saturated heterocycles. The Morgan fingerprint density at radius 2 is 2.25 bits per heavy atom. The molecule has 0 saturated carbocycles. The maximum absolute atomic E-state index is 13.2. The molecule has 0 spiro atoms. The van der Waals surface area contributed by atoms with Crippen molar-refractivity contribution in [2.24, 2.45) is 7.05 Å². The minimum atomic E-state index is -0.354. The number of urea groups is 1. The molecule has 2 amide bonds. The summed E-state index contributed by atoms with van der Waals surface area (Å²) >= 11 is 1.71. The lowest BCUT2D eigenvalue weighted by atomic mass is 10.1. The average Bonchev–Trinajstić information content (AvgIpc) is 3.46. The SMILES string of the molecule is COc1cccc(C(NC(=O)N2CCCC2c2cccs2)c2nccn2C)c1. The second kappa shape index (κ2) is 8.06. The highest BCUT2D eigenvalue weighted by Gasteiger charge is 2.32. The number of benzene rings is 1. The minimum absolute atomic E-state index is 0.0632. The summed E-state index contributed by atoms with van der Waals surface area (Å²) < 4.78 is 7.31. The number of ether oxygens (including phenoxy) is 1. The van der Waals surface area contributed by atoms with Gasteiger partial charge in [0, 0.05) is 30.9 Å². The van der Waals surface area contributed by atoms with Crippen LogP contribution in [0.1, 0.15) is 41.2 Å². The fraction of sp³-hybridized carbons (Fsp3) is 0.333. The van der Waals surface area contributed by atoms with Crippen LogP contribution in [0.25, 0.3) is 0 Å². The van der Waals surface area contributed by atoms with Crippen molar-refractivity contribution in [2.75, 3.05) is 13.7 Å². The maximum atomic E-state index is 13.2.